The Balaban J connectivity index is 2.93. The van der Waals surface area contributed by atoms with Gasteiger partial charge in [-0.3, -0.25) is 14.8 Å². The maximum absolute atomic E-state index is 12.2. The molecular weight excluding hydrogens is 229 g/mol. The Hall–Kier alpha value is -1.51. The Kier molecular flexibility index (Phi) is 3.03. The van der Waals surface area contributed by atoms with Gasteiger partial charge in [0.15, 0.2) is 0 Å². The summed E-state index contributed by atoms with van der Waals surface area (Å²) in [5, 5.41) is 14.1. The van der Waals surface area contributed by atoms with Crippen LogP contribution in [0.1, 0.15) is 5.69 Å². The number of aryl methyl sites for hydroxylation is 1. The van der Waals surface area contributed by atoms with E-state index < -0.39 is 20.9 Å². The smallest absolute Gasteiger partial charge is 0.265 e. The fourth-order valence-electron chi connectivity index (χ4n) is 1.11. The molecule has 1 rings (SSSR count). The van der Waals surface area contributed by atoms with Gasteiger partial charge in [-0.1, -0.05) is 0 Å². The van der Waals surface area contributed by atoms with E-state index in [1.54, 1.807) is 0 Å². The van der Waals surface area contributed by atoms with Gasteiger partial charge in [0.05, 0.1) is 10.7 Å². The lowest BCUT2D eigenvalue weighted by Crippen LogP contribution is -2.08. The Morgan fingerprint density at radius 2 is 2.27 bits per heavy atom. The minimum Gasteiger partial charge on any atom is -0.265 e. The van der Waals surface area contributed by atoms with Gasteiger partial charge in [-0.2, -0.15) is 13.5 Å². The number of nitro groups is 1. The summed E-state index contributed by atoms with van der Waals surface area (Å²) in [5.41, 5.74) is -0.220. The van der Waals surface area contributed by atoms with E-state index in [-0.39, 0.29) is 17.8 Å². The third kappa shape index (κ3) is 2.98. The van der Waals surface area contributed by atoms with Crippen molar-refractivity contribution in [2.45, 2.75) is 6.42 Å². The van der Waals surface area contributed by atoms with Gasteiger partial charge in [0, 0.05) is 13.5 Å². The number of hydrogen-bond donors (Lipinski definition) is 0. The molecule has 1 heterocycles. The van der Waals surface area contributed by atoms with E-state index >= 15 is 0 Å². The van der Waals surface area contributed by atoms with E-state index in [0.717, 1.165) is 10.9 Å². The highest BCUT2D eigenvalue weighted by atomic mass is 32.3. The molecule has 0 unspecified atom stereocenters. The minimum absolute atomic E-state index is 0.0845. The van der Waals surface area contributed by atoms with Crippen LogP contribution in [0.25, 0.3) is 0 Å². The second-order valence-electron chi connectivity index (χ2n) is 2.85. The molecule has 7 nitrogen and oxygen atoms in total. The Labute approximate surface area is 84.9 Å². The van der Waals surface area contributed by atoms with E-state index in [0.29, 0.717) is 0 Å². The fraction of sp³-hybridized carbons (Fsp3) is 0.500. The maximum atomic E-state index is 12.2. The summed E-state index contributed by atoms with van der Waals surface area (Å²) < 4.78 is 33.9. The summed E-state index contributed by atoms with van der Waals surface area (Å²) in [5.74, 6) is -0.784. The van der Waals surface area contributed by atoms with Gasteiger partial charge in [0.2, 0.25) is 0 Å². The molecule has 0 bridgehead atoms. The molecule has 0 spiro atoms. The summed E-state index contributed by atoms with van der Waals surface area (Å²) in [6.07, 6.45) is 0.728. The molecule has 0 aliphatic heterocycles. The predicted octanol–water partition coefficient (Wildman–Crippen LogP) is 0.170. The first-order chi connectivity index (χ1) is 6.81. The summed E-state index contributed by atoms with van der Waals surface area (Å²) in [6, 6.07) is 0. The second kappa shape index (κ2) is 3.93. The zero-order chi connectivity index (χ0) is 11.6. The largest absolute Gasteiger partial charge is 0.310 e. The van der Waals surface area contributed by atoms with E-state index in [4.69, 9.17) is 0 Å². The first kappa shape index (κ1) is 11.6. The van der Waals surface area contributed by atoms with Crippen LogP contribution >= 0.6 is 0 Å². The molecule has 0 aromatic carbocycles. The molecule has 0 fully saturated rings. The van der Waals surface area contributed by atoms with Gasteiger partial charge >= 0.3 is 15.9 Å². The Morgan fingerprint density at radius 1 is 1.67 bits per heavy atom. The average Bonchev–Trinajstić information content (AvgIpc) is 2.42. The van der Waals surface area contributed by atoms with E-state index in [9.17, 15) is 22.4 Å². The van der Waals surface area contributed by atoms with Crippen molar-refractivity contribution in [1.82, 2.24) is 9.78 Å². The van der Waals surface area contributed by atoms with Gasteiger partial charge < -0.3 is 0 Å². The molecule has 1 aromatic heterocycles. The monoisotopic (exact) mass is 237 g/mol. The Morgan fingerprint density at radius 3 is 2.73 bits per heavy atom. The minimum atomic E-state index is -4.62. The summed E-state index contributed by atoms with van der Waals surface area (Å²) >= 11 is 0. The Bertz CT molecular complexity index is 481. The summed E-state index contributed by atoms with van der Waals surface area (Å²) in [4.78, 5) is 9.78. The lowest BCUT2D eigenvalue weighted by atomic mass is 10.3. The zero-order valence-electron chi connectivity index (χ0n) is 7.75. The van der Waals surface area contributed by atoms with Crippen LogP contribution in [-0.2, 0) is 23.7 Å². The quantitative estimate of drug-likeness (QED) is 0.422. The molecule has 0 saturated carbocycles. The van der Waals surface area contributed by atoms with Gasteiger partial charge in [-0.25, -0.2) is 0 Å². The van der Waals surface area contributed by atoms with Crippen molar-refractivity contribution in [3.05, 3.63) is 22.0 Å². The van der Waals surface area contributed by atoms with Crippen LogP contribution in [-0.4, -0.2) is 28.9 Å². The van der Waals surface area contributed by atoms with Crippen molar-refractivity contribution >= 4 is 15.9 Å². The molecule has 0 radical (unpaired) electrons. The third-order valence-corrected chi connectivity index (χ3v) is 2.51. The number of rotatable bonds is 4. The lowest BCUT2D eigenvalue weighted by molar-refractivity contribution is -0.385. The first-order valence-electron chi connectivity index (χ1n) is 3.89. The molecule has 0 saturated heterocycles. The molecule has 15 heavy (non-hydrogen) atoms. The highest BCUT2D eigenvalue weighted by molar-refractivity contribution is 7.86. The number of nitrogens with zero attached hydrogens (tertiary/aromatic N) is 3. The maximum Gasteiger partial charge on any atom is 0.310 e. The lowest BCUT2D eigenvalue weighted by Gasteiger charge is -1.98. The standard InChI is InChI=1S/C6H8FN3O4S/c1-9-5(2-3-15(7,13)14)6(4-8-9)10(11)12/h4H,2-3H2,1H3. The summed E-state index contributed by atoms with van der Waals surface area (Å²) in [6.45, 7) is 0. The normalized spacial score (nSPS) is 11.6. The highest BCUT2D eigenvalue weighted by Crippen LogP contribution is 2.17. The van der Waals surface area contributed by atoms with Gasteiger partial charge in [-0.15, -0.1) is 3.89 Å². The second-order valence-corrected chi connectivity index (χ2v) is 4.34. The van der Waals surface area contributed by atoms with Crippen molar-refractivity contribution in [2.75, 3.05) is 5.75 Å². The van der Waals surface area contributed by atoms with Crippen molar-refractivity contribution in [3.8, 4) is 0 Å². The van der Waals surface area contributed by atoms with Crippen molar-refractivity contribution in [3.63, 3.8) is 0 Å². The van der Waals surface area contributed by atoms with Gasteiger partial charge in [0.1, 0.15) is 11.9 Å². The fourth-order valence-corrected chi connectivity index (χ4v) is 1.55. The van der Waals surface area contributed by atoms with Crippen LogP contribution in [0.3, 0.4) is 0 Å². The third-order valence-electron chi connectivity index (χ3n) is 1.82. The molecule has 0 atom stereocenters. The van der Waals surface area contributed by atoms with Crippen LogP contribution in [0.15, 0.2) is 6.20 Å². The number of hydrogen-bond acceptors (Lipinski definition) is 5. The highest BCUT2D eigenvalue weighted by Gasteiger charge is 2.20. The molecule has 1 aromatic rings. The zero-order valence-corrected chi connectivity index (χ0v) is 8.57. The van der Waals surface area contributed by atoms with Crippen LogP contribution in [0.2, 0.25) is 0 Å². The topological polar surface area (TPSA) is 95.1 Å². The SMILES string of the molecule is Cn1ncc([N+](=O)[O-])c1CCS(=O)(=O)F. The predicted molar refractivity (Wildman–Crippen MR) is 48.5 cm³/mol. The van der Waals surface area contributed by atoms with E-state index in [2.05, 4.69) is 5.10 Å². The van der Waals surface area contributed by atoms with Gasteiger partial charge in [0.25, 0.3) is 0 Å². The van der Waals surface area contributed by atoms with Crippen molar-refractivity contribution in [2.24, 2.45) is 7.05 Å². The number of aromatic nitrogens is 2. The molecule has 0 N–H and O–H groups in total. The first-order valence-corrected chi connectivity index (χ1v) is 5.44. The molecule has 84 valence electrons. The van der Waals surface area contributed by atoms with Crippen LogP contribution in [0.4, 0.5) is 9.57 Å². The van der Waals surface area contributed by atoms with E-state index in [1.807, 2.05) is 0 Å². The molecule has 0 aliphatic rings. The van der Waals surface area contributed by atoms with Crippen molar-refractivity contribution < 1.29 is 17.2 Å². The van der Waals surface area contributed by atoms with Crippen LogP contribution in [0, 0.1) is 10.1 Å². The average molecular weight is 237 g/mol. The summed E-state index contributed by atoms with van der Waals surface area (Å²) in [7, 11) is -3.20. The van der Waals surface area contributed by atoms with Gasteiger partial charge in [-0.05, 0) is 0 Å². The molecule has 0 aliphatic carbocycles. The molecule has 0 amide bonds. The van der Waals surface area contributed by atoms with E-state index in [1.165, 1.54) is 7.05 Å². The van der Waals surface area contributed by atoms with Crippen molar-refractivity contribution in [1.29, 1.82) is 0 Å². The van der Waals surface area contributed by atoms with Crippen LogP contribution < -0.4 is 0 Å². The molecule has 9 heteroatoms. The van der Waals surface area contributed by atoms with Crippen LogP contribution in [0.5, 0.6) is 0 Å². The molecular formula is C6H8FN3O4S. The number of halogens is 1.